The number of rotatable bonds is 6. The van der Waals surface area contributed by atoms with Crippen LogP contribution in [-0.4, -0.2) is 35.9 Å². The zero-order valence-electron chi connectivity index (χ0n) is 17.2. The van der Waals surface area contributed by atoms with Crippen molar-refractivity contribution in [3.63, 3.8) is 0 Å². The molecule has 0 bridgehead atoms. The molecule has 0 aromatic heterocycles. The highest BCUT2D eigenvalue weighted by atomic mass is 16.5. The second-order valence-corrected chi connectivity index (χ2v) is 7.28. The average molecular weight is 417 g/mol. The fraction of sp³-hybridized carbons (Fsp3) is 0.217. The molecule has 2 amide bonds. The number of esters is 1. The molecule has 0 saturated heterocycles. The largest absolute Gasteiger partial charge is 0.454 e. The van der Waals surface area contributed by atoms with Gasteiger partial charge in [0.15, 0.2) is 12.4 Å². The van der Waals surface area contributed by atoms with Crippen LogP contribution < -0.4 is 4.90 Å². The summed E-state index contributed by atoms with van der Waals surface area (Å²) in [6.07, 6.45) is 0. The van der Waals surface area contributed by atoms with Gasteiger partial charge in [0.2, 0.25) is 0 Å². The lowest BCUT2D eigenvalue weighted by molar-refractivity contribution is -0.122. The highest BCUT2D eigenvalue weighted by molar-refractivity contribution is 6.35. The zero-order valence-corrected chi connectivity index (χ0v) is 17.2. The number of nitriles is 1. The van der Waals surface area contributed by atoms with E-state index in [1.807, 2.05) is 19.1 Å². The number of carbonyl (C=O) groups is 4. The van der Waals surface area contributed by atoms with Gasteiger partial charge in [-0.1, -0.05) is 12.1 Å². The van der Waals surface area contributed by atoms with Gasteiger partial charge < -0.3 is 10.1 Å². The van der Waals surface area contributed by atoms with Crippen LogP contribution in [0, 0.1) is 36.5 Å². The Morgan fingerprint density at radius 2 is 1.77 bits per heavy atom. The van der Waals surface area contributed by atoms with Crippen LogP contribution in [-0.2, 0) is 9.53 Å². The summed E-state index contributed by atoms with van der Waals surface area (Å²) in [5, 5.41) is 16.4. The molecule has 8 nitrogen and oxygen atoms in total. The molecule has 2 aromatic rings. The minimum Gasteiger partial charge on any atom is -0.454 e. The van der Waals surface area contributed by atoms with Crippen LogP contribution >= 0.6 is 0 Å². The summed E-state index contributed by atoms with van der Waals surface area (Å²) >= 11 is 0. The predicted octanol–water partition coefficient (Wildman–Crippen LogP) is 3.01. The quantitative estimate of drug-likeness (QED) is 0.437. The van der Waals surface area contributed by atoms with Gasteiger partial charge in [0, 0.05) is 5.71 Å². The van der Waals surface area contributed by atoms with E-state index in [-0.39, 0.29) is 22.4 Å². The van der Waals surface area contributed by atoms with Crippen molar-refractivity contribution in [2.45, 2.75) is 20.8 Å². The Labute approximate surface area is 178 Å². The maximum Gasteiger partial charge on any atom is 0.338 e. The van der Waals surface area contributed by atoms with Crippen LogP contribution in [0.15, 0.2) is 36.4 Å². The summed E-state index contributed by atoms with van der Waals surface area (Å²) in [4.78, 5) is 51.2. The summed E-state index contributed by atoms with van der Waals surface area (Å²) in [6, 6.07) is 11.1. The molecule has 1 N–H and O–H groups in total. The SMILES string of the molecule is CC(=N)[C@H](C#N)C(=O)COC(=O)c1ccc2c(c1)C(=O)N(c1cc(C)ccc1C)C2=O. The molecule has 0 spiro atoms. The molecule has 156 valence electrons. The molecule has 1 heterocycles. The van der Waals surface area contributed by atoms with Crippen LogP contribution in [0.1, 0.15) is 49.1 Å². The number of aryl methyl sites for hydroxylation is 2. The summed E-state index contributed by atoms with van der Waals surface area (Å²) < 4.78 is 4.94. The fourth-order valence-corrected chi connectivity index (χ4v) is 3.26. The Kier molecular flexibility index (Phi) is 5.79. The van der Waals surface area contributed by atoms with E-state index in [2.05, 4.69) is 0 Å². The Bertz CT molecular complexity index is 1190. The third-order valence-electron chi connectivity index (χ3n) is 4.96. The molecule has 1 atom stereocenters. The smallest absolute Gasteiger partial charge is 0.338 e. The lowest BCUT2D eigenvalue weighted by atomic mass is 10.0. The maximum absolute atomic E-state index is 13.0. The lowest BCUT2D eigenvalue weighted by Crippen LogP contribution is -2.30. The highest BCUT2D eigenvalue weighted by Gasteiger charge is 2.38. The van der Waals surface area contributed by atoms with Crippen molar-refractivity contribution in [1.29, 1.82) is 10.7 Å². The number of Topliss-reactive ketones (excluding diaryl/α,β-unsaturated/α-hetero) is 1. The number of benzene rings is 2. The number of imide groups is 1. The number of ether oxygens (including phenoxy) is 1. The van der Waals surface area contributed by atoms with Gasteiger partial charge in [-0.3, -0.25) is 14.4 Å². The molecule has 2 aromatic carbocycles. The van der Waals surface area contributed by atoms with Crippen molar-refractivity contribution >= 4 is 35.0 Å². The van der Waals surface area contributed by atoms with E-state index < -0.39 is 36.1 Å². The van der Waals surface area contributed by atoms with Crippen LogP contribution in [0.4, 0.5) is 5.69 Å². The Hall–Kier alpha value is -4.12. The van der Waals surface area contributed by atoms with E-state index in [9.17, 15) is 19.2 Å². The number of nitrogens with one attached hydrogen (secondary N) is 1. The molecule has 3 rings (SSSR count). The number of hydrogen-bond acceptors (Lipinski definition) is 7. The number of hydrogen-bond donors (Lipinski definition) is 1. The molecule has 1 aliphatic heterocycles. The molecular weight excluding hydrogens is 398 g/mol. The third kappa shape index (κ3) is 3.98. The van der Waals surface area contributed by atoms with Gasteiger partial charge in [-0.25, -0.2) is 9.69 Å². The molecule has 0 aliphatic carbocycles. The number of carbonyl (C=O) groups excluding carboxylic acids is 4. The van der Waals surface area contributed by atoms with Crippen molar-refractivity contribution in [1.82, 2.24) is 0 Å². The summed E-state index contributed by atoms with van der Waals surface area (Å²) in [5.74, 6) is -3.90. The van der Waals surface area contributed by atoms with Gasteiger partial charge in [0.25, 0.3) is 11.8 Å². The first-order chi connectivity index (χ1) is 14.6. The van der Waals surface area contributed by atoms with Gasteiger partial charge >= 0.3 is 5.97 Å². The fourth-order valence-electron chi connectivity index (χ4n) is 3.26. The van der Waals surface area contributed by atoms with Gasteiger partial charge in [0.1, 0.15) is 5.92 Å². The minimum atomic E-state index is -1.28. The molecule has 0 fully saturated rings. The highest BCUT2D eigenvalue weighted by Crippen LogP contribution is 2.31. The van der Waals surface area contributed by atoms with Crippen LogP contribution in [0.2, 0.25) is 0 Å². The average Bonchev–Trinajstić information content (AvgIpc) is 2.98. The first kappa shape index (κ1) is 21.6. The van der Waals surface area contributed by atoms with Crippen molar-refractivity contribution in [2.24, 2.45) is 5.92 Å². The number of nitrogens with zero attached hydrogens (tertiary/aromatic N) is 2. The van der Waals surface area contributed by atoms with Crippen molar-refractivity contribution in [2.75, 3.05) is 11.5 Å². The molecule has 0 unspecified atom stereocenters. The number of amides is 2. The van der Waals surface area contributed by atoms with Crippen LogP contribution in [0.3, 0.4) is 0 Å². The molecule has 8 heteroatoms. The zero-order chi connectivity index (χ0) is 22.9. The van der Waals surface area contributed by atoms with E-state index in [1.54, 1.807) is 19.1 Å². The monoisotopic (exact) mass is 417 g/mol. The van der Waals surface area contributed by atoms with E-state index >= 15 is 0 Å². The van der Waals surface area contributed by atoms with Gasteiger partial charge in [0.05, 0.1) is 28.4 Å². The molecule has 31 heavy (non-hydrogen) atoms. The van der Waals surface area contributed by atoms with Gasteiger partial charge in [-0.15, -0.1) is 0 Å². The second-order valence-electron chi connectivity index (χ2n) is 7.28. The molecule has 0 saturated carbocycles. The van der Waals surface area contributed by atoms with E-state index in [0.29, 0.717) is 5.69 Å². The Morgan fingerprint density at radius 3 is 2.42 bits per heavy atom. The summed E-state index contributed by atoms with van der Waals surface area (Å²) in [5.41, 5.74) is 2.21. The minimum absolute atomic E-state index is 0.00408. The standard InChI is InChI=1S/C23H19N3O5/c1-12-4-5-13(2)19(8-12)26-21(28)16-7-6-15(9-17(16)22(26)29)23(30)31-11-20(27)18(10-24)14(3)25/h4-9,18,25H,11H2,1-3H3/t18-/m0/s1. The van der Waals surface area contributed by atoms with Gasteiger partial charge in [-0.2, -0.15) is 5.26 Å². The first-order valence-electron chi connectivity index (χ1n) is 9.40. The third-order valence-corrected chi connectivity index (χ3v) is 4.96. The topological polar surface area (TPSA) is 128 Å². The van der Waals surface area contributed by atoms with Crippen LogP contribution in [0.25, 0.3) is 0 Å². The number of anilines is 1. The summed E-state index contributed by atoms with van der Waals surface area (Å²) in [6.45, 7) is 4.29. The number of ketones is 1. The van der Waals surface area contributed by atoms with E-state index in [4.69, 9.17) is 15.4 Å². The number of fused-ring (bicyclic) bond motifs is 1. The molecular formula is C23H19N3O5. The first-order valence-corrected chi connectivity index (χ1v) is 9.40. The molecule has 1 aliphatic rings. The van der Waals surface area contributed by atoms with E-state index in [1.165, 1.54) is 25.1 Å². The van der Waals surface area contributed by atoms with Gasteiger partial charge in [-0.05, 0) is 56.2 Å². The molecule has 0 radical (unpaired) electrons. The van der Waals surface area contributed by atoms with Crippen molar-refractivity contribution in [3.05, 3.63) is 64.2 Å². The Morgan fingerprint density at radius 1 is 1.10 bits per heavy atom. The maximum atomic E-state index is 13.0. The second kappa shape index (κ2) is 8.32. The van der Waals surface area contributed by atoms with Crippen molar-refractivity contribution in [3.8, 4) is 6.07 Å². The van der Waals surface area contributed by atoms with Crippen LogP contribution in [0.5, 0.6) is 0 Å². The lowest BCUT2D eigenvalue weighted by Gasteiger charge is -2.17. The summed E-state index contributed by atoms with van der Waals surface area (Å²) in [7, 11) is 0. The van der Waals surface area contributed by atoms with E-state index in [0.717, 1.165) is 16.0 Å². The predicted molar refractivity (Wildman–Crippen MR) is 111 cm³/mol. The van der Waals surface area contributed by atoms with Crippen molar-refractivity contribution < 1.29 is 23.9 Å². The normalized spacial score (nSPS) is 13.4. The Balaban J connectivity index is 1.83.